The lowest BCUT2D eigenvalue weighted by Crippen LogP contribution is -2.53. The van der Waals surface area contributed by atoms with Crippen molar-refractivity contribution in [1.82, 2.24) is 15.1 Å². The van der Waals surface area contributed by atoms with E-state index in [9.17, 15) is 24.0 Å². The van der Waals surface area contributed by atoms with E-state index < -0.39 is 23.5 Å². The molecule has 3 aliphatic heterocycles. The summed E-state index contributed by atoms with van der Waals surface area (Å²) in [7, 11) is 1.52. The van der Waals surface area contributed by atoms with Gasteiger partial charge in [0.15, 0.2) is 6.29 Å². The summed E-state index contributed by atoms with van der Waals surface area (Å²) in [5, 5.41) is 2.27. The average Bonchev–Trinajstić information content (AvgIpc) is 3.35. The number of carbonyl (C=O) groups is 5. The molecule has 3 amide bonds. The van der Waals surface area contributed by atoms with E-state index in [4.69, 9.17) is 4.74 Å². The predicted octanol–water partition coefficient (Wildman–Crippen LogP) is 2.26. The van der Waals surface area contributed by atoms with Gasteiger partial charge in [0.2, 0.25) is 11.8 Å². The normalized spacial score (nSPS) is 22.9. The van der Waals surface area contributed by atoms with Crippen molar-refractivity contribution in [2.45, 2.75) is 64.5 Å². The number of aldehydes is 1. The van der Waals surface area contributed by atoms with Gasteiger partial charge < -0.3 is 19.4 Å². The highest BCUT2D eigenvalue weighted by Gasteiger charge is 2.34. The van der Waals surface area contributed by atoms with Gasteiger partial charge in [-0.25, -0.2) is 0 Å². The lowest BCUT2D eigenvalue weighted by molar-refractivity contribution is -0.161. The Bertz CT molecular complexity index is 1120. The summed E-state index contributed by atoms with van der Waals surface area (Å²) in [6.45, 7) is 10.1. The maximum atomic E-state index is 13.1. The molecule has 0 spiro atoms. The SMILES string of the molecule is CN(C(=O)c1ccc(N2CCC(CN3CCC(C(=O)OC(C)(C)C)CC3)C2)cc1C=O)C1CCC(=O)NC1=O. The van der Waals surface area contributed by atoms with Crippen molar-refractivity contribution < 1.29 is 28.7 Å². The number of carbonyl (C=O) groups excluding carboxylic acids is 5. The van der Waals surface area contributed by atoms with Gasteiger partial charge >= 0.3 is 5.97 Å². The minimum Gasteiger partial charge on any atom is -0.460 e. The summed E-state index contributed by atoms with van der Waals surface area (Å²) < 4.78 is 5.56. The molecule has 2 atom stereocenters. The van der Waals surface area contributed by atoms with E-state index in [2.05, 4.69) is 15.1 Å². The molecule has 3 heterocycles. The van der Waals surface area contributed by atoms with Crippen LogP contribution in [0.25, 0.3) is 0 Å². The highest BCUT2D eigenvalue weighted by Crippen LogP contribution is 2.29. The quantitative estimate of drug-likeness (QED) is 0.318. The zero-order valence-corrected chi connectivity index (χ0v) is 23.4. The Morgan fingerprint density at radius 1 is 1.10 bits per heavy atom. The predicted molar refractivity (Wildman–Crippen MR) is 145 cm³/mol. The highest BCUT2D eigenvalue weighted by molar-refractivity contribution is 6.06. The van der Waals surface area contributed by atoms with Crippen LogP contribution in [0, 0.1) is 11.8 Å². The van der Waals surface area contributed by atoms with Crippen LogP contribution in [0.2, 0.25) is 0 Å². The number of hydrogen-bond donors (Lipinski definition) is 1. The maximum absolute atomic E-state index is 13.1. The van der Waals surface area contributed by atoms with Gasteiger partial charge in [0.25, 0.3) is 5.91 Å². The standard InChI is InChI=1S/C29H40N4O6/c1-29(2,3)39-28(38)20-10-12-32(13-11-20)16-19-9-14-33(17-19)22-5-6-23(21(15-22)18-34)27(37)31(4)24-7-8-25(35)30-26(24)36/h5-6,15,18-20,24H,7-14,16-17H2,1-4H3,(H,30,35,36). The van der Waals surface area contributed by atoms with Gasteiger partial charge in [-0.3, -0.25) is 29.3 Å². The number of piperidine rings is 2. The van der Waals surface area contributed by atoms with E-state index in [0.29, 0.717) is 12.2 Å². The fraction of sp³-hybridized carbons (Fsp3) is 0.621. The number of likely N-dealkylation sites (tertiary alicyclic amines) is 1. The molecule has 0 aliphatic carbocycles. The second kappa shape index (κ2) is 11.9. The van der Waals surface area contributed by atoms with Crippen LogP contribution in [0.5, 0.6) is 0 Å². The smallest absolute Gasteiger partial charge is 0.309 e. The Morgan fingerprint density at radius 3 is 2.46 bits per heavy atom. The number of imide groups is 1. The molecule has 0 aromatic heterocycles. The highest BCUT2D eigenvalue weighted by atomic mass is 16.6. The number of nitrogens with one attached hydrogen (secondary N) is 1. The van der Waals surface area contributed by atoms with Crippen LogP contribution in [0.3, 0.4) is 0 Å². The Morgan fingerprint density at radius 2 is 1.82 bits per heavy atom. The number of anilines is 1. The molecule has 0 radical (unpaired) electrons. The van der Waals surface area contributed by atoms with E-state index in [1.165, 1.54) is 11.9 Å². The van der Waals surface area contributed by atoms with Gasteiger partial charge in [-0.15, -0.1) is 0 Å². The largest absolute Gasteiger partial charge is 0.460 e. The number of rotatable bonds is 7. The van der Waals surface area contributed by atoms with Crippen molar-refractivity contribution in [1.29, 1.82) is 0 Å². The Labute approximate surface area is 230 Å². The molecular weight excluding hydrogens is 500 g/mol. The molecular formula is C29H40N4O6. The van der Waals surface area contributed by atoms with Crippen LogP contribution < -0.4 is 10.2 Å². The van der Waals surface area contributed by atoms with Crippen LogP contribution in [-0.2, 0) is 19.1 Å². The maximum Gasteiger partial charge on any atom is 0.309 e. The minimum atomic E-state index is -0.747. The Hall–Kier alpha value is -3.27. The second-order valence-electron chi connectivity index (χ2n) is 12.0. The molecule has 0 bridgehead atoms. The fourth-order valence-corrected chi connectivity index (χ4v) is 5.74. The first-order chi connectivity index (χ1) is 18.4. The number of hydrogen-bond acceptors (Lipinski definition) is 8. The number of likely N-dealkylation sites (N-methyl/N-ethyl adjacent to an activating group) is 1. The number of ether oxygens (including phenoxy) is 1. The van der Waals surface area contributed by atoms with E-state index in [-0.39, 0.29) is 41.8 Å². The molecule has 2 unspecified atom stereocenters. The summed E-state index contributed by atoms with van der Waals surface area (Å²) in [6, 6.07) is 4.50. The molecule has 3 fully saturated rings. The average molecular weight is 541 g/mol. The third-order valence-electron chi connectivity index (χ3n) is 7.89. The van der Waals surface area contributed by atoms with Crippen LogP contribution in [0.1, 0.15) is 73.6 Å². The van der Waals surface area contributed by atoms with Crippen molar-refractivity contribution in [3.05, 3.63) is 29.3 Å². The molecule has 10 nitrogen and oxygen atoms in total. The van der Waals surface area contributed by atoms with Crippen molar-refractivity contribution in [2.75, 3.05) is 44.7 Å². The fourth-order valence-electron chi connectivity index (χ4n) is 5.74. The molecule has 1 aromatic carbocycles. The molecule has 4 rings (SSSR count). The van der Waals surface area contributed by atoms with Crippen molar-refractivity contribution in [3.63, 3.8) is 0 Å². The zero-order chi connectivity index (χ0) is 28.3. The third-order valence-corrected chi connectivity index (χ3v) is 7.89. The van der Waals surface area contributed by atoms with Gasteiger partial charge in [-0.05, 0) is 83.7 Å². The van der Waals surface area contributed by atoms with Gasteiger partial charge in [0.1, 0.15) is 11.6 Å². The molecule has 3 aliphatic rings. The molecule has 1 N–H and O–H groups in total. The van der Waals surface area contributed by atoms with E-state index >= 15 is 0 Å². The summed E-state index contributed by atoms with van der Waals surface area (Å²) in [4.78, 5) is 67.1. The topological polar surface area (TPSA) is 116 Å². The molecule has 10 heteroatoms. The van der Waals surface area contributed by atoms with E-state index in [0.717, 1.165) is 57.7 Å². The van der Waals surface area contributed by atoms with Crippen LogP contribution in [-0.4, -0.2) is 91.2 Å². The summed E-state index contributed by atoms with van der Waals surface area (Å²) in [5.74, 6) is -0.911. The third kappa shape index (κ3) is 7.03. The van der Waals surface area contributed by atoms with Crippen LogP contribution >= 0.6 is 0 Å². The van der Waals surface area contributed by atoms with E-state index in [1.807, 2.05) is 26.8 Å². The van der Waals surface area contributed by atoms with Crippen molar-refractivity contribution in [2.24, 2.45) is 11.8 Å². The van der Waals surface area contributed by atoms with Gasteiger partial charge in [-0.1, -0.05) is 0 Å². The Balaban J connectivity index is 1.32. The molecule has 1 aromatic rings. The second-order valence-corrected chi connectivity index (χ2v) is 12.0. The number of esters is 1. The lowest BCUT2D eigenvalue weighted by Gasteiger charge is -2.33. The summed E-state index contributed by atoms with van der Waals surface area (Å²) in [5.41, 5.74) is 0.956. The minimum absolute atomic E-state index is 0.0300. The van der Waals surface area contributed by atoms with Gasteiger partial charge in [-0.2, -0.15) is 0 Å². The van der Waals surface area contributed by atoms with E-state index in [1.54, 1.807) is 12.1 Å². The first kappa shape index (κ1) is 28.7. The van der Waals surface area contributed by atoms with Crippen molar-refractivity contribution in [3.8, 4) is 0 Å². The first-order valence-electron chi connectivity index (χ1n) is 13.9. The van der Waals surface area contributed by atoms with Crippen molar-refractivity contribution >= 4 is 35.7 Å². The number of nitrogens with zero attached hydrogens (tertiary/aromatic N) is 3. The molecule has 0 saturated carbocycles. The summed E-state index contributed by atoms with van der Waals surface area (Å²) in [6.07, 6.45) is 3.77. The van der Waals surface area contributed by atoms with Gasteiger partial charge in [0.05, 0.1) is 11.5 Å². The van der Waals surface area contributed by atoms with Gasteiger partial charge in [0, 0.05) is 44.4 Å². The molecule has 39 heavy (non-hydrogen) atoms. The lowest BCUT2D eigenvalue weighted by atomic mass is 9.95. The zero-order valence-electron chi connectivity index (χ0n) is 23.4. The first-order valence-corrected chi connectivity index (χ1v) is 13.9. The number of amides is 3. The Kier molecular flexibility index (Phi) is 8.73. The summed E-state index contributed by atoms with van der Waals surface area (Å²) >= 11 is 0. The number of benzene rings is 1. The molecule has 3 saturated heterocycles. The van der Waals surface area contributed by atoms with Crippen LogP contribution in [0.15, 0.2) is 18.2 Å². The molecule has 212 valence electrons. The monoisotopic (exact) mass is 540 g/mol. The van der Waals surface area contributed by atoms with Crippen LogP contribution in [0.4, 0.5) is 5.69 Å².